The number of hydrogen-bond donors (Lipinski definition) is 0. The molecule has 1 fully saturated rings. The fraction of sp³-hybridized carbons (Fsp3) is 0.550. The molecule has 0 saturated carbocycles. The van der Waals surface area contributed by atoms with Crippen molar-refractivity contribution in [2.24, 2.45) is 11.0 Å². The van der Waals surface area contributed by atoms with Crippen LogP contribution in [0.2, 0.25) is 0 Å². The van der Waals surface area contributed by atoms with Crippen LogP contribution in [0.4, 0.5) is 0 Å². The number of piperidine rings is 1. The fourth-order valence-electron chi connectivity index (χ4n) is 3.69. The zero-order chi connectivity index (χ0) is 18.5. The molecule has 3 rings (SSSR count). The number of rotatable bonds is 5. The Balaban J connectivity index is 1.56. The molecule has 6 heteroatoms. The van der Waals surface area contributed by atoms with E-state index < -0.39 is 0 Å². The monoisotopic (exact) mass is 357 g/mol. The van der Waals surface area contributed by atoms with Gasteiger partial charge in [0.15, 0.2) is 0 Å². The SMILES string of the molecule is COc1cccc(CC[C@@H]2CCCN(C(=O)C3=NN(C)C(=O)CC3)C2)c1. The summed E-state index contributed by atoms with van der Waals surface area (Å²) in [5, 5.41) is 5.46. The summed E-state index contributed by atoms with van der Waals surface area (Å²) in [6.07, 6.45) is 5.04. The van der Waals surface area contributed by atoms with E-state index in [-0.39, 0.29) is 11.8 Å². The van der Waals surface area contributed by atoms with Gasteiger partial charge in [0, 0.05) is 33.0 Å². The first-order valence-electron chi connectivity index (χ1n) is 9.33. The Morgan fingerprint density at radius 1 is 1.35 bits per heavy atom. The van der Waals surface area contributed by atoms with Gasteiger partial charge in [-0.2, -0.15) is 5.10 Å². The second-order valence-electron chi connectivity index (χ2n) is 7.11. The van der Waals surface area contributed by atoms with Crippen molar-refractivity contribution in [1.82, 2.24) is 9.91 Å². The zero-order valence-corrected chi connectivity index (χ0v) is 15.6. The second-order valence-corrected chi connectivity index (χ2v) is 7.11. The molecule has 0 unspecified atom stereocenters. The standard InChI is InChI=1S/C20H27N3O3/c1-22-19(24)11-10-18(21-22)20(25)23-12-4-6-16(14-23)9-8-15-5-3-7-17(13-15)26-2/h3,5,7,13,16H,4,6,8-12,14H2,1-2H3/t16-/m0/s1. The molecule has 26 heavy (non-hydrogen) atoms. The highest BCUT2D eigenvalue weighted by atomic mass is 16.5. The number of likely N-dealkylation sites (tertiary alicyclic amines) is 1. The Morgan fingerprint density at radius 3 is 2.96 bits per heavy atom. The molecule has 0 aromatic heterocycles. The first-order valence-corrected chi connectivity index (χ1v) is 9.33. The average molecular weight is 357 g/mol. The van der Waals surface area contributed by atoms with Gasteiger partial charge in [0.25, 0.3) is 5.91 Å². The lowest BCUT2D eigenvalue weighted by Crippen LogP contribution is -2.45. The summed E-state index contributed by atoms with van der Waals surface area (Å²) < 4.78 is 5.28. The summed E-state index contributed by atoms with van der Waals surface area (Å²) >= 11 is 0. The predicted molar refractivity (Wildman–Crippen MR) is 100 cm³/mol. The maximum atomic E-state index is 12.7. The number of benzene rings is 1. The average Bonchev–Trinajstić information content (AvgIpc) is 2.68. The molecule has 2 heterocycles. The Kier molecular flexibility index (Phi) is 5.91. The lowest BCUT2D eigenvalue weighted by Gasteiger charge is -2.34. The van der Waals surface area contributed by atoms with Gasteiger partial charge >= 0.3 is 0 Å². The van der Waals surface area contributed by atoms with Crippen molar-refractivity contribution < 1.29 is 14.3 Å². The highest BCUT2D eigenvalue weighted by Gasteiger charge is 2.29. The molecule has 0 bridgehead atoms. The van der Waals surface area contributed by atoms with E-state index in [9.17, 15) is 9.59 Å². The Hall–Kier alpha value is -2.37. The minimum absolute atomic E-state index is 0.00423. The zero-order valence-electron chi connectivity index (χ0n) is 15.6. The summed E-state index contributed by atoms with van der Waals surface area (Å²) in [5.41, 5.74) is 1.78. The largest absolute Gasteiger partial charge is 0.497 e. The fourth-order valence-corrected chi connectivity index (χ4v) is 3.69. The first kappa shape index (κ1) is 18.4. The molecular formula is C20H27N3O3. The van der Waals surface area contributed by atoms with Crippen molar-refractivity contribution in [3.05, 3.63) is 29.8 Å². The molecule has 2 aliphatic rings. The van der Waals surface area contributed by atoms with Crippen LogP contribution in [0.1, 0.15) is 37.7 Å². The van der Waals surface area contributed by atoms with Gasteiger partial charge in [-0.3, -0.25) is 9.59 Å². The molecule has 1 saturated heterocycles. The van der Waals surface area contributed by atoms with E-state index in [0.717, 1.165) is 44.5 Å². The molecule has 6 nitrogen and oxygen atoms in total. The van der Waals surface area contributed by atoms with Crippen LogP contribution in [-0.2, 0) is 16.0 Å². The summed E-state index contributed by atoms with van der Waals surface area (Å²) in [4.78, 5) is 26.2. The van der Waals surface area contributed by atoms with Crippen LogP contribution in [0.5, 0.6) is 5.75 Å². The maximum absolute atomic E-state index is 12.7. The van der Waals surface area contributed by atoms with Crippen molar-refractivity contribution in [2.75, 3.05) is 27.2 Å². The number of ether oxygens (including phenoxy) is 1. The van der Waals surface area contributed by atoms with Crippen LogP contribution < -0.4 is 4.74 Å². The third-order valence-corrected chi connectivity index (χ3v) is 5.24. The van der Waals surface area contributed by atoms with E-state index in [1.54, 1.807) is 14.2 Å². The highest BCUT2D eigenvalue weighted by molar-refractivity contribution is 6.39. The third-order valence-electron chi connectivity index (χ3n) is 5.24. The number of carbonyl (C=O) groups excluding carboxylic acids is 2. The number of methoxy groups -OCH3 is 1. The number of carbonyl (C=O) groups is 2. The van der Waals surface area contributed by atoms with Crippen LogP contribution in [0.15, 0.2) is 29.4 Å². The van der Waals surface area contributed by atoms with E-state index in [0.29, 0.717) is 24.5 Å². The molecule has 0 spiro atoms. The van der Waals surface area contributed by atoms with Crippen LogP contribution in [0.3, 0.4) is 0 Å². The van der Waals surface area contributed by atoms with Crippen molar-refractivity contribution in [3.63, 3.8) is 0 Å². The summed E-state index contributed by atoms with van der Waals surface area (Å²) in [6.45, 7) is 1.56. The van der Waals surface area contributed by atoms with E-state index in [4.69, 9.17) is 4.74 Å². The summed E-state index contributed by atoms with van der Waals surface area (Å²) in [5.74, 6) is 1.35. The molecule has 0 aliphatic carbocycles. The molecule has 0 radical (unpaired) electrons. The van der Waals surface area contributed by atoms with Gasteiger partial charge in [-0.1, -0.05) is 12.1 Å². The topological polar surface area (TPSA) is 62.2 Å². The smallest absolute Gasteiger partial charge is 0.270 e. The predicted octanol–water partition coefficient (Wildman–Crippen LogP) is 2.47. The van der Waals surface area contributed by atoms with Crippen molar-refractivity contribution in [1.29, 1.82) is 0 Å². The molecule has 1 aromatic rings. The quantitative estimate of drug-likeness (QED) is 0.813. The van der Waals surface area contributed by atoms with Gasteiger partial charge in [-0.25, -0.2) is 5.01 Å². The van der Waals surface area contributed by atoms with Crippen LogP contribution in [0, 0.1) is 5.92 Å². The van der Waals surface area contributed by atoms with Crippen molar-refractivity contribution in [3.8, 4) is 5.75 Å². The van der Waals surface area contributed by atoms with Gasteiger partial charge < -0.3 is 9.64 Å². The molecule has 2 aliphatic heterocycles. The third kappa shape index (κ3) is 4.42. The lowest BCUT2D eigenvalue weighted by molar-refractivity contribution is -0.131. The number of hydrazone groups is 1. The van der Waals surface area contributed by atoms with E-state index in [1.807, 2.05) is 17.0 Å². The van der Waals surface area contributed by atoms with E-state index in [1.165, 1.54) is 10.6 Å². The Bertz CT molecular complexity index is 701. The van der Waals surface area contributed by atoms with Crippen molar-refractivity contribution in [2.45, 2.75) is 38.5 Å². The van der Waals surface area contributed by atoms with Crippen LogP contribution >= 0.6 is 0 Å². The molecule has 1 atom stereocenters. The number of aryl methyl sites for hydroxylation is 1. The maximum Gasteiger partial charge on any atom is 0.270 e. The minimum atomic E-state index is -0.0311. The molecule has 0 N–H and O–H groups in total. The van der Waals surface area contributed by atoms with E-state index >= 15 is 0 Å². The first-order chi connectivity index (χ1) is 12.6. The van der Waals surface area contributed by atoms with E-state index in [2.05, 4.69) is 17.2 Å². The highest BCUT2D eigenvalue weighted by Crippen LogP contribution is 2.24. The van der Waals surface area contributed by atoms with Gasteiger partial charge in [0.1, 0.15) is 11.5 Å². The van der Waals surface area contributed by atoms with Gasteiger partial charge in [0.05, 0.1) is 7.11 Å². The molecular weight excluding hydrogens is 330 g/mol. The number of nitrogens with zero attached hydrogens (tertiary/aromatic N) is 3. The summed E-state index contributed by atoms with van der Waals surface area (Å²) in [7, 11) is 3.30. The van der Waals surface area contributed by atoms with Gasteiger partial charge in [0.2, 0.25) is 5.91 Å². The van der Waals surface area contributed by atoms with Gasteiger partial charge in [-0.15, -0.1) is 0 Å². The van der Waals surface area contributed by atoms with Crippen molar-refractivity contribution >= 4 is 17.5 Å². The van der Waals surface area contributed by atoms with Crippen LogP contribution in [0.25, 0.3) is 0 Å². The molecule has 2 amide bonds. The molecule has 140 valence electrons. The van der Waals surface area contributed by atoms with Crippen LogP contribution in [-0.4, -0.2) is 54.7 Å². The second kappa shape index (κ2) is 8.34. The minimum Gasteiger partial charge on any atom is -0.497 e. The van der Waals surface area contributed by atoms with Gasteiger partial charge in [-0.05, 0) is 49.3 Å². The lowest BCUT2D eigenvalue weighted by atomic mass is 9.91. The number of amides is 2. The molecule has 1 aromatic carbocycles. The Labute approximate surface area is 154 Å². The number of hydrogen-bond acceptors (Lipinski definition) is 4. The summed E-state index contributed by atoms with van der Waals surface area (Å²) in [6, 6.07) is 8.17. The Morgan fingerprint density at radius 2 is 2.19 bits per heavy atom. The normalized spacial score (nSPS) is 20.8.